The Morgan fingerprint density at radius 2 is 1.75 bits per heavy atom. The third kappa shape index (κ3) is 5.24. The van der Waals surface area contributed by atoms with E-state index in [2.05, 4.69) is 6.58 Å². The number of rotatable bonds is 3. The largest absolute Gasteiger partial charge is 0.507 e. The van der Waals surface area contributed by atoms with Crippen LogP contribution in [0.15, 0.2) is 12.1 Å². The highest BCUT2D eigenvalue weighted by Crippen LogP contribution is 2.20. The summed E-state index contributed by atoms with van der Waals surface area (Å²) in [4.78, 5) is 0. The van der Waals surface area contributed by atoms with Crippen molar-refractivity contribution in [3.8, 4) is 0 Å². The van der Waals surface area contributed by atoms with E-state index in [1.165, 1.54) is 0 Å². The van der Waals surface area contributed by atoms with Crippen LogP contribution in [0.25, 0.3) is 0 Å². The van der Waals surface area contributed by atoms with Crippen molar-refractivity contribution in [1.29, 1.82) is 0 Å². The van der Waals surface area contributed by atoms with Gasteiger partial charge in [-0.2, -0.15) is 0 Å². The molecule has 0 amide bonds. The number of hydrogen-bond acceptors (Lipinski definition) is 1. The number of ether oxygens (including phenoxy) is 1. The van der Waals surface area contributed by atoms with Crippen LogP contribution >= 0.6 is 0 Å². The Balaban J connectivity index is 3.90. The Morgan fingerprint density at radius 1 is 1.33 bits per heavy atom. The molecule has 0 spiro atoms. The van der Waals surface area contributed by atoms with Crippen LogP contribution < -0.4 is 0 Å². The molecule has 0 aromatic heterocycles. The van der Waals surface area contributed by atoms with Gasteiger partial charge in [-0.05, 0) is 20.8 Å². The van der Waals surface area contributed by atoms with E-state index in [1.54, 1.807) is 20.8 Å². The van der Waals surface area contributed by atoms with Gasteiger partial charge in [0.15, 0.2) is 0 Å². The molecule has 0 atom stereocenters. The molecule has 0 aliphatic rings. The second kappa shape index (κ2) is 3.52. The highest BCUT2D eigenvalue weighted by molar-refractivity contribution is 6.66. The van der Waals surface area contributed by atoms with Crippen LogP contribution in [0.4, 0.5) is 12.9 Å². The summed E-state index contributed by atoms with van der Waals surface area (Å²) < 4.78 is 40.6. The standard InChI is InChI=1S/C7H13BF3O/c1-6(8(9,10)11)5-12-7(2,3)4/h1,5H2,2-4H3/q-1. The van der Waals surface area contributed by atoms with Crippen molar-refractivity contribution < 1.29 is 17.7 Å². The third-order valence-corrected chi connectivity index (χ3v) is 1.15. The van der Waals surface area contributed by atoms with Crippen LogP contribution in [-0.2, 0) is 4.74 Å². The maximum atomic E-state index is 11.9. The summed E-state index contributed by atoms with van der Waals surface area (Å²) in [5.74, 6) is 0. The van der Waals surface area contributed by atoms with Crippen LogP contribution in [0, 0.1) is 0 Å². The van der Waals surface area contributed by atoms with Crippen LogP contribution in [0.2, 0.25) is 0 Å². The van der Waals surface area contributed by atoms with Crippen LogP contribution in [0.1, 0.15) is 20.8 Å². The first-order valence-electron chi connectivity index (χ1n) is 3.64. The van der Waals surface area contributed by atoms with E-state index < -0.39 is 24.7 Å². The summed E-state index contributed by atoms with van der Waals surface area (Å²) in [7, 11) is 0. The molecule has 12 heavy (non-hydrogen) atoms. The van der Waals surface area contributed by atoms with Crippen molar-refractivity contribution in [2.24, 2.45) is 0 Å². The minimum absolute atomic E-state index is 0.438. The van der Waals surface area contributed by atoms with Crippen LogP contribution in [0.5, 0.6) is 0 Å². The lowest BCUT2D eigenvalue weighted by Crippen LogP contribution is -2.27. The minimum Gasteiger partial charge on any atom is -0.445 e. The van der Waals surface area contributed by atoms with Gasteiger partial charge in [-0.15, -0.1) is 12.1 Å². The summed E-state index contributed by atoms with van der Waals surface area (Å²) >= 11 is 0. The smallest absolute Gasteiger partial charge is 0.445 e. The van der Waals surface area contributed by atoms with Gasteiger partial charge in [-0.3, -0.25) is 0 Å². The van der Waals surface area contributed by atoms with Crippen molar-refractivity contribution >= 4 is 6.98 Å². The van der Waals surface area contributed by atoms with E-state index in [9.17, 15) is 12.9 Å². The summed E-state index contributed by atoms with van der Waals surface area (Å²) in [5.41, 5.74) is -1.34. The normalized spacial score (nSPS) is 13.2. The lowest BCUT2D eigenvalue weighted by atomic mass is 9.81. The van der Waals surface area contributed by atoms with Gasteiger partial charge in [-0.25, -0.2) is 0 Å². The van der Waals surface area contributed by atoms with Crippen molar-refractivity contribution in [2.75, 3.05) is 6.61 Å². The van der Waals surface area contributed by atoms with Crippen molar-refractivity contribution in [1.82, 2.24) is 0 Å². The fourth-order valence-electron chi connectivity index (χ4n) is 0.404. The molecule has 0 N–H and O–H groups in total. The monoisotopic (exact) mass is 181 g/mol. The molecule has 0 heterocycles. The van der Waals surface area contributed by atoms with Crippen LogP contribution in [-0.4, -0.2) is 19.2 Å². The Labute approximate surface area is 70.7 Å². The molecule has 0 aromatic rings. The maximum absolute atomic E-state index is 11.9. The van der Waals surface area contributed by atoms with E-state index in [4.69, 9.17) is 4.74 Å². The molecule has 0 saturated carbocycles. The number of halogens is 3. The Morgan fingerprint density at radius 3 is 2.00 bits per heavy atom. The van der Waals surface area contributed by atoms with Crippen molar-refractivity contribution in [3.05, 3.63) is 12.1 Å². The molecule has 72 valence electrons. The van der Waals surface area contributed by atoms with Gasteiger partial charge >= 0.3 is 6.98 Å². The molecule has 5 heteroatoms. The quantitative estimate of drug-likeness (QED) is 0.608. The van der Waals surface area contributed by atoms with Gasteiger partial charge in [0.1, 0.15) is 0 Å². The van der Waals surface area contributed by atoms with E-state index in [0.29, 0.717) is 0 Å². The molecule has 0 saturated heterocycles. The third-order valence-electron chi connectivity index (χ3n) is 1.15. The van der Waals surface area contributed by atoms with Gasteiger partial charge in [0.2, 0.25) is 0 Å². The lowest BCUT2D eigenvalue weighted by Gasteiger charge is -2.24. The summed E-state index contributed by atoms with van der Waals surface area (Å²) in [6.45, 7) is 2.62. The maximum Gasteiger partial charge on any atom is 0.507 e. The lowest BCUT2D eigenvalue weighted by molar-refractivity contribution is 0.0121. The second-order valence-electron chi connectivity index (χ2n) is 3.63. The van der Waals surface area contributed by atoms with Crippen molar-refractivity contribution in [2.45, 2.75) is 26.4 Å². The molecule has 1 nitrogen and oxygen atoms in total. The Bertz CT molecular complexity index is 168. The molecule has 0 aromatic carbocycles. The molecule has 0 radical (unpaired) electrons. The molecular formula is C7H13BF3O-. The second-order valence-corrected chi connectivity index (χ2v) is 3.63. The molecule has 0 aliphatic carbocycles. The first kappa shape index (κ1) is 11.6. The minimum atomic E-state index is -4.94. The van der Waals surface area contributed by atoms with E-state index in [1.807, 2.05) is 0 Å². The predicted octanol–water partition coefficient (Wildman–Crippen LogP) is 2.74. The van der Waals surface area contributed by atoms with Gasteiger partial charge in [0.25, 0.3) is 0 Å². The van der Waals surface area contributed by atoms with E-state index in [0.717, 1.165) is 0 Å². The predicted molar refractivity (Wildman–Crippen MR) is 43.9 cm³/mol. The van der Waals surface area contributed by atoms with Crippen LogP contribution in [0.3, 0.4) is 0 Å². The van der Waals surface area contributed by atoms with E-state index in [-0.39, 0.29) is 0 Å². The molecular weight excluding hydrogens is 168 g/mol. The van der Waals surface area contributed by atoms with Crippen molar-refractivity contribution in [3.63, 3.8) is 0 Å². The van der Waals surface area contributed by atoms with Gasteiger partial charge < -0.3 is 17.7 Å². The zero-order chi connectivity index (χ0) is 9.99. The first-order chi connectivity index (χ1) is 5.13. The zero-order valence-corrected chi connectivity index (χ0v) is 7.53. The topological polar surface area (TPSA) is 9.23 Å². The molecule has 0 unspecified atom stereocenters. The Hall–Kier alpha value is -0.445. The fourth-order valence-corrected chi connectivity index (χ4v) is 0.404. The van der Waals surface area contributed by atoms with Gasteiger partial charge in [0, 0.05) is 6.61 Å². The number of hydrogen-bond donors (Lipinski definition) is 0. The average Bonchev–Trinajstić information content (AvgIpc) is 1.78. The zero-order valence-electron chi connectivity index (χ0n) is 7.53. The summed E-state index contributed by atoms with van der Waals surface area (Å²) in [6.07, 6.45) is 0. The summed E-state index contributed by atoms with van der Waals surface area (Å²) in [5, 5.41) is 0. The molecule has 0 aliphatic heterocycles. The van der Waals surface area contributed by atoms with Gasteiger partial charge in [-0.1, -0.05) is 0 Å². The Kier molecular flexibility index (Phi) is 3.39. The molecule has 0 fully saturated rings. The fraction of sp³-hybridized carbons (Fsp3) is 0.714. The molecule has 0 bridgehead atoms. The molecule has 0 rings (SSSR count). The average molecular weight is 181 g/mol. The van der Waals surface area contributed by atoms with E-state index >= 15 is 0 Å². The SMILES string of the molecule is C=C(COC(C)(C)C)[B-](F)(F)F. The van der Waals surface area contributed by atoms with Gasteiger partial charge in [0.05, 0.1) is 5.60 Å². The highest BCUT2D eigenvalue weighted by Gasteiger charge is 2.27. The highest BCUT2D eigenvalue weighted by atomic mass is 19.4. The summed E-state index contributed by atoms with van der Waals surface area (Å²) in [6, 6.07) is 0. The first-order valence-corrected chi connectivity index (χ1v) is 3.64.